The van der Waals surface area contributed by atoms with Crippen LogP contribution in [0, 0.1) is 0 Å². The molecule has 0 aromatic rings. The first-order chi connectivity index (χ1) is 5.73. The van der Waals surface area contributed by atoms with Gasteiger partial charge in [-0.25, -0.2) is 0 Å². The zero-order valence-corrected chi connectivity index (χ0v) is 19.3. The van der Waals surface area contributed by atoms with E-state index in [0.717, 1.165) is 0 Å². The van der Waals surface area contributed by atoms with E-state index in [0.29, 0.717) is 0 Å². The molecule has 0 unspecified atom stereocenters. The summed E-state index contributed by atoms with van der Waals surface area (Å²) < 4.78 is 17.1. The van der Waals surface area contributed by atoms with Gasteiger partial charge in [0.1, 0.15) is 0 Å². The van der Waals surface area contributed by atoms with E-state index in [4.69, 9.17) is 53.5 Å². The topological polar surface area (TPSA) is 236 Å². The van der Waals surface area contributed by atoms with Crippen LogP contribution >= 0.6 is 15.6 Å². The van der Waals surface area contributed by atoms with Crippen molar-refractivity contribution in [1.29, 1.82) is 0 Å². The Morgan fingerprint density at radius 2 is 0.611 bits per heavy atom. The summed E-state index contributed by atoms with van der Waals surface area (Å²) in [6, 6.07) is 0. The van der Waals surface area contributed by atoms with Crippen LogP contribution in [0.5, 0.6) is 0 Å². The van der Waals surface area contributed by atoms with Gasteiger partial charge in [-0.3, -0.25) is 0 Å². The van der Waals surface area contributed by atoms with Crippen molar-refractivity contribution < 1.29 is 53.5 Å². The standard InChI is InChI=1S/CH2O3.4Ca.2H3O4P/c2-1(3)4;;;;;2*1-5(2,3)4/h(H2,2,3,4);;;;;2*(H3,1,2,3,4)/q;4*+2;;/p-8. The Hall–Kier alpha value is 4.53. The van der Waals surface area contributed by atoms with Crippen molar-refractivity contribution in [1.82, 2.24) is 0 Å². The average molecular weight is 410 g/mol. The summed E-state index contributed by atoms with van der Waals surface area (Å²) in [6.07, 6.45) is -2.33. The third kappa shape index (κ3) is 382. The van der Waals surface area contributed by atoms with E-state index >= 15 is 0 Å². The number of phosphoric acid groups is 2. The molecule has 0 saturated heterocycles. The van der Waals surface area contributed by atoms with Gasteiger partial charge in [-0.1, -0.05) is 0 Å². The largest absolute Gasteiger partial charge is 2.00 e. The Balaban J connectivity index is -0.0000000183. The van der Waals surface area contributed by atoms with Crippen LogP contribution in [0.3, 0.4) is 0 Å². The van der Waals surface area contributed by atoms with Crippen LogP contribution in [0.4, 0.5) is 4.79 Å². The van der Waals surface area contributed by atoms with Crippen molar-refractivity contribution in [3.63, 3.8) is 0 Å². The minimum absolute atomic E-state index is 0. The SMILES string of the molecule is O=C([O-])[O-].O=P([O-])([O-])[O-].O=P([O-])([O-])[O-].[Ca+2].[Ca+2].[Ca+2].[Ca+2]. The van der Waals surface area contributed by atoms with Crippen molar-refractivity contribution in [3.05, 3.63) is 0 Å². The summed E-state index contributed by atoms with van der Waals surface area (Å²) in [5.41, 5.74) is 0. The first-order valence-electron chi connectivity index (χ1n) is 2.07. The molecule has 0 bridgehead atoms. The van der Waals surface area contributed by atoms with Gasteiger partial charge in [-0.2, -0.15) is 15.6 Å². The van der Waals surface area contributed by atoms with Gasteiger partial charge in [0, 0.05) is 0 Å². The third-order valence-electron chi connectivity index (χ3n) is 0. The quantitative estimate of drug-likeness (QED) is 0.268. The summed E-state index contributed by atoms with van der Waals surface area (Å²) in [5.74, 6) is 0. The third-order valence-corrected chi connectivity index (χ3v) is 0. The molecule has 0 heterocycles. The van der Waals surface area contributed by atoms with E-state index in [-0.39, 0.29) is 151 Å². The second-order valence-electron chi connectivity index (χ2n) is 1.14. The molecule has 0 radical (unpaired) electrons. The smallest absolute Gasteiger partial charge is 0.822 e. The van der Waals surface area contributed by atoms with Crippen LogP contribution in [-0.2, 0) is 9.13 Å². The van der Waals surface area contributed by atoms with Crippen LogP contribution in [0.1, 0.15) is 0 Å². The number of rotatable bonds is 0. The van der Waals surface area contributed by atoms with E-state index in [1.807, 2.05) is 0 Å². The molecule has 0 saturated carbocycles. The molecular formula is CCa4O11P2. The monoisotopic (exact) mass is 410 g/mol. The van der Waals surface area contributed by atoms with E-state index in [1.165, 1.54) is 0 Å². The molecule has 0 rings (SSSR count). The van der Waals surface area contributed by atoms with Crippen molar-refractivity contribution in [3.8, 4) is 0 Å². The van der Waals surface area contributed by atoms with Crippen molar-refractivity contribution in [2.75, 3.05) is 0 Å². The molecule has 0 aliphatic carbocycles. The first kappa shape index (κ1) is 43.3. The summed E-state index contributed by atoms with van der Waals surface area (Å²) in [6.45, 7) is 0. The van der Waals surface area contributed by atoms with Gasteiger partial charge in [-0.05, 0) is 6.16 Å². The van der Waals surface area contributed by atoms with Crippen molar-refractivity contribution >= 4 is 173 Å². The molecule has 0 aromatic carbocycles. The van der Waals surface area contributed by atoms with Crippen LogP contribution in [0.25, 0.3) is 0 Å². The number of carbonyl (C=O) groups excluding carboxylic acids is 1. The van der Waals surface area contributed by atoms with Crippen LogP contribution in [0.2, 0.25) is 0 Å². The maximum Gasteiger partial charge on any atom is 2.00 e. The molecular weight excluding hydrogens is 410 g/mol. The maximum absolute atomic E-state index is 8.55. The Bertz CT molecular complexity index is 203. The normalized spacial score (nSPS) is 7.89. The molecule has 0 aromatic heterocycles. The van der Waals surface area contributed by atoms with Crippen LogP contribution in [0.15, 0.2) is 0 Å². The van der Waals surface area contributed by atoms with Crippen molar-refractivity contribution in [2.24, 2.45) is 0 Å². The predicted octanol–water partition coefficient (Wildman–Crippen LogP) is -9.62. The summed E-state index contributed by atoms with van der Waals surface area (Å²) in [5, 5.41) is 16.7. The van der Waals surface area contributed by atoms with Gasteiger partial charge >= 0.3 is 151 Å². The molecule has 0 spiro atoms. The van der Waals surface area contributed by atoms with E-state index in [1.54, 1.807) is 0 Å². The fraction of sp³-hybridized carbons (Fsp3) is 0. The molecule has 0 fully saturated rings. The first-order valence-corrected chi connectivity index (χ1v) is 4.99. The minimum Gasteiger partial charge on any atom is -0.822 e. The van der Waals surface area contributed by atoms with Gasteiger partial charge in [0.2, 0.25) is 0 Å². The van der Waals surface area contributed by atoms with Gasteiger partial charge in [0.25, 0.3) is 0 Å². The Morgan fingerprint density at radius 1 is 0.611 bits per heavy atom. The molecule has 0 aliphatic heterocycles. The summed E-state index contributed by atoms with van der Waals surface area (Å²) in [7, 11) is -10.8. The Labute approximate surface area is 221 Å². The zero-order chi connectivity index (χ0) is 12.6. The van der Waals surface area contributed by atoms with Gasteiger partial charge in [-0.15, -0.1) is 0 Å². The molecule has 18 heavy (non-hydrogen) atoms. The summed E-state index contributed by atoms with van der Waals surface area (Å²) >= 11 is 0. The van der Waals surface area contributed by atoms with Gasteiger partial charge in [0.05, 0.1) is 0 Å². The second kappa shape index (κ2) is 23.8. The van der Waals surface area contributed by atoms with Crippen LogP contribution in [-0.4, -0.2) is 157 Å². The number of hydrogen-bond acceptors (Lipinski definition) is 11. The number of carbonyl (C=O) groups is 1. The molecule has 88 valence electrons. The predicted molar refractivity (Wildman–Crippen MR) is 43.6 cm³/mol. The zero-order valence-electron chi connectivity index (χ0n) is 8.71. The van der Waals surface area contributed by atoms with E-state index < -0.39 is 21.8 Å². The van der Waals surface area contributed by atoms with Gasteiger partial charge in [0.15, 0.2) is 0 Å². The van der Waals surface area contributed by atoms with E-state index in [9.17, 15) is 0 Å². The Kier molecular flexibility index (Phi) is 57.2. The average Bonchev–Trinajstić information content (AvgIpc) is 1.45. The minimum atomic E-state index is -5.39. The fourth-order valence-corrected chi connectivity index (χ4v) is 0. The maximum atomic E-state index is 8.55. The number of carboxylic acid groups (broad SMARTS) is 2. The second-order valence-corrected chi connectivity index (χ2v) is 2.93. The van der Waals surface area contributed by atoms with Crippen LogP contribution < -0.4 is 39.6 Å². The molecule has 0 aliphatic rings. The fourth-order valence-electron chi connectivity index (χ4n) is 0. The number of hydrogen-bond donors (Lipinski definition) is 0. The molecule has 0 N–H and O–H groups in total. The van der Waals surface area contributed by atoms with Crippen molar-refractivity contribution in [2.45, 2.75) is 0 Å². The molecule has 0 amide bonds. The molecule has 11 nitrogen and oxygen atoms in total. The summed E-state index contributed by atoms with van der Waals surface area (Å²) in [4.78, 5) is 59.6. The van der Waals surface area contributed by atoms with Gasteiger partial charge < -0.3 is 53.5 Å². The van der Waals surface area contributed by atoms with E-state index in [2.05, 4.69) is 0 Å². The Morgan fingerprint density at radius 3 is 0.611 bits per heavy atom. The molecule has 17 heteroatoms. The molecule has 0 atom stereocenters.